The van der Waals surface area contributed by atoms with Crippen LogP contribution in [0.5, 0.6) is 0 Å². The summed E-state index contributed by atoms with van der Waals surface area (Å²) in [4.78, 5) is 11.8. The maximum absolute atomic E-state index is 11.8. The zero-order valence-corrected chi connectivity index (χ0v) is 9.73. The maximum atomic E-state index is 11.8. The molecule has 4 heteroatoms. The first-order valence-electron chi connectivity index (χ1n) is 5.91. The molecule has 0 aromatic heterocycles. The third-order valence-corrected chi connectivity index (χ3v) is 3.45. The van der Waals surface area contributed by atoms with E-state index in [9.17, 15) is 4.79 Å². The molecule has 2 heterocycles. The van der Waals surface area contributed by atoms with E-state index in [1.54, 1.807) is 7.11 Å². The smallest absolute Gasteiger partial charge is 0.286 e. The highest BCUT2D eigenvalue weighted by Crippen LogP contribution is 2.39. The molecule has 2 unspecified atom stereocenters. The number of amides is 1. The van der Waals surface area contributed by atoms with E-state index in [2.05, 4.69) is 5.32 Å². The van der Waals surface area contributed by atoms with Crippen LogP contribution >= 0.6 is 0 Å². The average Bonchev–Trinajstić information content (AvgIpc) is 2.62. The number of nitrogens with one attached hydrogen (secondary N) is 1. The highest BCUT2D eigenvalue weighted by molar-refractivity contribution is 5.93. The molecule has 0 radical (unpaired) electrons. The van der Waals surface area contributed by atoms with Gasteiger partial charge in [-0.25, -0.2) is 0 Å². The minimum absolute atomic E-state index is 0.0391. The van der Waals surface area contributed by atoms with Gasteiger partial charge in [0.25, 0.3) is 5.91 Å². The van der Waals surface area contributed by atoms with Gasteiger partial charge in [-0.1, -0.05) is 0 Å². The van der Waals surface area contributed by atoms with Gasteiger partial charge in [0.1, 0.15) is 11.9 Å². The van der Waals surface area contributed by atoms with E-state index in [4.69, 9.17) is 9.47 Å². The zero-order chi connectivity index (χ0) is 11.8. The van der Waals surface area contributed by atoms with E-state index in [-0.39, 0.29) is 17.9 Å². The molecule has 0 aromatic carbocycles. The van der Waals surface area contributed by atoms with E-state index >= 15 is 0 Å². The van der Waals surface area contributed by atoms with Gasteiger partial charge in [-0.15, -0.1) is 0 Å². The third kappa shape index (κ3) is 1.64. The van der Waals surface area contributed by atoms with Crippen molar-refractivity contribution in [1.29, 1.82) is 0 Å². The number of ether oxygens (including phenoxy) is 2. The molecule has 1 aliphatic carbocycles. The Bertz CT molecular complexity index is 448. The van der Waals surface area contributed by atoms with Crippen molar-refractivity contribution in [3.63, 3.8) is 0 Å². The van der Waals surface area contributed by atoms with Crippen LogP contribution in [-0.2, 0) is 14.3 Å². The van der Waals surface area contributed by atoms with Gasteiger partial charge in [-0.05, 0) is 36.6 Å². The molecule has 2 atom stereocenters. The molecule has 0 fully saturated rings. The highest BCUT2D eigenvalue weighted by Gasteiger charge is 2.39. The highest BCUT2D eigenvalue weighted by atomic mass is 16.5. The molecular weight excluding hydrogens is 218 g/mol. The number of fused-ring (bicyclic) bond motifs is 2. The topological polar surface area (TPSA) is 47.6 Å². The molecule has 0 bridgehead atoms. The molecule has 17 heavy (non-hydrogen) atoms. The summed E-state index contributed by atoms with van der Waals surface area (Å²) in [5.74, 6) is 1.45. The molecule has 0 saturated heterocycles. The van der Waals surface area contributed by atoms with Crippen LogP contribution in [0.3, 0.4) is 0 Å². The van der Waals surface area contributed by atoms with Gasteiger partial charge in [0.15, 0.2) is 5.76 Å². The SMILES string of the molecule is COC1=CC2C3=C(OC2C=C1)C(=O)NCCC3. The van der Waals surface area contributed by atoms with Crippen LogP contribution in [0.15, 0.2) is 35.3 Å². The number of carbonyl (C=O) groups excluding carboxylic acids is 1. The minimum Gasteiger partial charge on any atom is -0.497 e. The summed E-state index contributed by atoms with van der Waals surface area (Å²) < 4.78 is 11.0. The molecule has 0 spiro atoms. The van der Waals surface area contributed by atoms with Crippen molar-refractivity contribution in [3.8, 4) is 0 Å². The summed E-state index contributed by atoms with van der Waals surface area (Å²) in [5, 5.41) is 2.85. The van der Waals surface area contributed by atoms with Crippen LogP contribution in [-0.4, -0.2) is 25.7 Å². The Morgan fingerprint density at radius 1 is 1.53 bits per heavy atom. The summed E-state index contributed by atoms with van der Waals surface area (Å²) in [6.07, 6.45) is 7.75. The number of allylic oxidation sites excluding steroid dienone is 1. The normalized spacial score (nSPS) is 30.9. The van der Waals surface area contributed by atoms with Crippen LogP contribution in [0, 0.1) is 5.92 Å². The summed E-state index contributed by atoms with van der Waals surface area (Å²) >= 11 is 0. The Morgan fingerprint density at radius 2 is 2.41 bits per heavy atom. The summed E-state index contributed by atoms with van der Waals surface area (Å²) in [5.41, 5.74) is 1.11. The Morgan fingerprint density at radius 3 is 3.24 bits per heavy atom. The molecular formula is C13H15NO3. The van der Waals surface area contributed by atoms with Crippen molar-refractivity contribution in [2.45, 2.75) is 18.9 Å². The van der Waals surface area contributed by atoms with Gasteiger partial charge in [0.05, 0.1) is 7.11 Å². The third-order valence-electron chi connectivity index (χ3n) is 3.45. The van der Waals surface area contributed by atoms with Gasteiger partial charge >= 0.3 is 0 Å². The Kier molecular flexibility index (Phi) is 2.42. The monoisotopic (exact) mass is 233 g/mol. The molecule has 3 rings (SSSR count). The molecule has 0 aromatic rings. The van der Waals surface area contributed by atoms with E-state index in [0.29, 0.717) is 5.76 Å². The fraction of sp³-hybridized carbons (Fsp3) is 0.462. The predicted octanol–water partition coefficient (Wildman–Crippen LogP) is 1.27. The average molecular weight is 233 g/mol. The second-order valence-electron chi connectivity index (χ2n) is 4.45. The van der Waals surface area contributed by atoms with Crippen LogP contribution < -0.4 is 5.32 Å². The molecule has 1 amide bonds. The van der Waals surface area contributed by atoms with Crippen molar-refractivity contribution >= 4 is 5.91 Å². The predicted molar refractivity (Wildman–Crippen MR) is 61.9 cm³/mol. The molecule has 3 aliphatic rings. The minimum atomic E-state index is -0.0762. The quantitative estimate of drug-likeness (QED) is 0.742. The van der Waals surface area contributed by atoms with Crippen molar-refractivity contribution in [2.24, 2.45) is 5.92 Å². The number of hydrogen-bond donors (Lipinski definition) is 1. The van der Waals surface area contributed by atoms with Crippen molar-refractivity contribution < 1.29 is 14.3 Å². The Labute approximate surface area is 100.0 Å². The lowest BCUT2D eigenvalue weighted by atomic mass is 9.88. The van der Waals surface area contributed by atoms with Gasteiger partial charge in [0.2, 0.25) is 0 Å². The Hall–Kier alpha value is -1.71. The van der Waals surface area contributed by atoms with Crippen LogP contribution in [0.25, 0.3) is 0 Å². The van der Waals surface area contributed by atoms with Crippen molar-refractivity contribution in [3.05, 3.63) is 35.3 Å². The van der Waals surface area contributed by atoms with E-state index < -0.39 is 0 Å². The molecule has 90 valence electrons. The first-order chi connectivity index (χ1) is 8.29. The first kappa shape index (κ1) is 10.4. The van der Waals surface area contributed by atoms with Crippen molar-refractivity contribution in [1.82, 2.24) is 5.32 Å². The lowest BCUT2D eigenvalue weighted by Gasteiger charge is -2.20. The van der Waals surface area contributed by atoms with E-state index in [1.807, 2.05) is 18.2 Å². The summed E-state index contributed by atoms with van der Waals surface area (Å²) in [7, 11) is 1.65. The van der Waals surface area contributed by atoms with Crippen LogP contribution in [0.4, 0.5) is 0 Å². The molecule has 2 aliphatic heterocycles. The number of methoxy groups -OCH3 is 1. The number of hydrogen-bond acceptors (Lipinski definition) is 3. The second kappa shape index (κ2) is 3.95. The van der Waals surface area contributed by atoms with Crippen LogP contribution in [0.2, 0.25) is 0 Å². The lowest BCUT2D eigenvalue weighted by Crippen LogP contribution is -2.26. The maximum Gasteiger partial charge on any atom is 0.286 e. The molecule has 0 saturated carbocycles. The fourth-order valence-corrected chi connectivity index (χ4v) is 2.59. The lowest BCUT2D eigenvalue weighted by molar-refractivity contribution is -0.120. The van der Waals surface area contributed by atoms with E-state index in [0.717, 1.165) is 30.7 Å². The summed E-state index contributed by atoms with van der Waals surface area (Å²) in [6.45, 7) is 0.725. The van der Waals surface area contributed by atoms with Gasteiger partial charge in [0, 0.05) is 12.5 Å². The summed E-state index contributed by atoms with van der Waals surface area (Å²) in [6, 6.07) is 0. The van der Waals surface area contributed by atoms with E-state index in [1.165, 1.54) is 0 Å². The largest absolute Gasteiger partial charge is 0.497 e. The zero-order valence-electron chi connectivity index (χ0n) is 9.73. The fourth-order valence-electron chi connectivity index (χ4n) is 2.59. The van der Waals surface area contributed by atoms with Crippen molar-refractivity contribution in [2.75, 3.05) is 13.7 Å². The first-order valence-corrected chi connectivity index (χ1v) is 5.91. The molecule has 4 nitrogen and oxygen atoms in total. The standard InChI is InChI=1S/C13H15NO3/c1-16-8-4-5-11-10(7-8)9-3-2-6-14-13(15)12(9)17-11/h4-5,7,10-11H,2-3,6H2,1H3,(H,14,15). The molecule has 1 N–H and O–H groups in total. The Balaban J connectivity index is 1.96. The van der Waals surface area contributed by atoms with Gasteiger partial charge in [-0.2, -0.15) is 0 Å². The van der Waals surface area contributed by atoms with Gasteiger partial charge < -0.3 is 14.8 Å². The second-order valence-corrected chi connectivity index (χ2v) is 4.45. The number of rotatable bonds is 1. The van der Waals surface area contributed by atoms with Crippen LogP contribution in [0.1, 0.15) is 12.8 Å². The number of carbonyl (C=O) groups is 1. The van der Waals surface area contributed by atoms with Gasteiger partial charge in [-0.3, -0.25) is 4.79 Å².